The number of aryl methyl sites for hydroxylation is 1. The number of aromatic nitrogens is 2. The molecule has 1 aromatic heterocycles. The number of ether oxygens (including phenoxy) is 1. The zero-order valence-electron chi connectivity index (χ0n) is 8.23. The van der Waals surface area contributed by atoms with Gasteiger partial charge in [0.2, 0.25) is 0 Å². The third kappa shape index (κ3) is 1.10. The van der Waals surface area contributed by atoms with Crippen LogP contribution in [0.2, 0.25) is 0 Å². The van der Waals surface area contributed by atoms with Gasteiger partial charge in [0.1, 0.15) is 12.1 Å². The van der Waals surface area contributed by atoms with E-state index >= 15 is 0 Å². The molecule has 0 unspecified atom stereocenters. The molecule has 1 aromatic rings. The standard InChI is InChI=1S/C10H13N3O/c1-8-2-9(12-7-11-8)13-3-10(4-13)5-14-6-10/h2,7H,3-6H2,1H3. The first-order chi connectivity index (χ1) is 6.77. The molecule has 0 atom stereocenters. The maximum atomic E-state index is 5.23. The fraction of sp³-hybridized carbons (Fsp3) is 0.600. The van der Waals surface area contributed by atoms with Crippen LogP contribution in [0.5, 0.6) is 0 Å². The van der Waals surface area contributed by atoms with Crippen molar-refractivity contribution in [3.63, 3.8) is 0 Å². The molecule has 2 aliphatic heterocycles. The van der Waals surface area contributed by atoms with Crippen LogP contribution in [-0.2, 0) is 4.74 Å². The normalized spacial score (nSPS) is 23.1. The van der Waals surface area contributed by atoms with Gasteiger partial charge >= 0.3 is 0 Å². The van der Waals surface area contributed by atoms with Gasteiger partial charge in [-0.15, -0.1) is 0 Å². The summed E-state index contributed by atoms with van der Waals surface area (Å²) in [7, 11) is 0. The molecule has 14 heavy (non-hydrogen) atoms. The Morgan fingerprint density at radius 3 is 2.71 bits per heavy atom. The second-order valence-electron chi connectivity index (χ2n) is 4.37. The molecule has 2 saturated heterocycles. The lowest BCUT2D eigenvalue weighted by Crippen LogP contribution is -2.66. The van der Waals surface area contributed by atoms with Gasteiger partial charge in [-0.3, -0.25) is 0 Å². The molecule has 4 nitrogen and oxygen atoms in total. The Hall–Kier alpha value is -1.16. The van der Waals surface area contributed by atoms with Crippen molar-refractivity contribution >= 4 is 5.82 Å². The van der Waals surface area contributed by atoms with Crippen molar-refractivity contribution in [2.24, 2.45) is 5.41 Å². The molecule has 0 aliphatic carbocycles. The van der Waals surface area contributed by atoms with E-state index in [0.29, 0.717) is 5.41 Å². The van der Waals surface area contributed by atoms with Crippen molar-refractivity contribution in [2.75, 3.05) is 31.2 Å². The lowest BCUT2D eigenvalue weighted by Gasteiger charge is -2.55. The zero-order chi connectivity index (χ0) is 9.60. The maximum Gasteiger partial charge on any atom is 0.132 e. The van der Waals surface area contributed by atoms with Crippen LogP contribution in [0.3, 0.4) is 0 Å². The Morgan fingerprint density at radius 2 is 2.14 bits per heavy atom. The predicted molar refractivity (Wildman–Crippen MR) is 52.2 cm³/mol. The quantitative estimate of drug-likeness (QED) is 0.652. The average molecular weight is 191 g/mol. The highest BCUT2D eigenvalue weighted by Gasteiger charge is 2.49. The van der Waals surface area contributed by atoms with Gasteiger partial charge in [-0.05, 0) is 6.92 Å². The largest absolute Gasteiger partial charge is 0.380 e. The zero-order valence-corrected chi connectivity index (χ0v) is 8.23. The lowest BCUT2D eigenvalue weighted by molar-refractivity contribution is -0.127. The molecule has 3 heterocycles. The smallest absolute Gasteiger partial charge is 0.132 e. The molecule has 2 fully saturated rings. The van der Waals surface area contributed by atoms with Crippen molar-refractivity contribution in [3.05, 3.63) is 18.1 Å². The Kier molecular flexibility index (Phi) is 1.56. The van der Waals surface area contributed by atoms with Crippen LogP contribution in [-0.4, -0.2) is 36.3 Å². The molecule has 0 amide bonds. The lowest BCUT2D eigenvalue weighted by atomic mass is 9.78. The molecule has 0 bridgehead atoms. The van der Waals surface area contributed by atoms with E-state index in [1.165, 1.54) is 0 Å². The van der Waals surface area contributed by atoms with Gasteiger partial charge in [-0.1, -0.05) is 0 Å². The second-order valence-corrected chi connectivity index (χ2v) is 4.37. The minimum atomic E-state index is 0.457. The number of nitrogens with zero attached hydrogens (tertiary/aromatic N) is 3. The summed E-state index contributed by atoms with van der Waals surface area (Å²) in [5.74, 6) is 1.05. The van der Waals surface area contributed by atoms with Crippen LogP contribution < -0.4 is 4.90 Å². The van der Waals surface area contributed by atoms with E-state index in [0.717, 1.165) is 37.8 Å². The van der Waals surface area contributed by atoms with Gasteiger partial charge in [0.25, 0.3) is 0 Å². The third-order valence-corrected chi connectivity index (χ3v) is 2.98. The predicted octanol–water partition coefficient (Wildman–Crippen LogP) is 0.622. The van der Waals surface area contributed by atoms with Crippen LogP contribution in [0.15, 0.2) is 12.4 Å². The number of anilines is 1. The van der Waals surface area contributed by atoms with E-state index < -0.39 is 0 Å². The summed E-state index contributed by atoms with van der Waals surface area (Å²) >= 11 is 0. The van der Waals surface area contributed by atoms with Crippen molar-refractivity contribution in [1.82, 2.24) is 9.97 Å². The molecule has 1 spiro atoms. The fourth-order valence-electron chi connectivity index (χ4n) is 2.11. The first kappa shape index (κ1) is 8.17. The number of hydrogen-bond acceptors (Lipinski definition) is 4. The third-order valence-electron chi connectivity index (χ3n) is 2.98. The van der Waals surface area contributed by atoms with Crippen LogP contribution >= 0.6 is 0 Å². The van der Waals surface area contributed by atoms with Gasteiger partial charge in [0.05, 0.1) is 18.6 Å². The molecular formula is C10H13N3O. The molecule has 4 heteroatoms. The van der Waals surface area contributed by atoms with E-state index in [2.05, 4.69) is 14.9 Å². The summed E-state index contributed by atoms with van der Waals surface area (Å²) in [5.41, 5.74) is 1.49. The Balaban J connectivity index is 1.73. The summed E-state index contributed by atoms with van der Waals surface area (Å²) in [5, 5.41) is 0. The van der Waals surface area contributed by atoms with Crippen molar-refractivity contribution < 1.29 is 4.74 Å². The van der Waals surface area contributed by atoms with Crippen molar-refractivity contribution in [1.29, 1.82) is 0 Å². The summed E-state index contributed by atoms with van der Waals surface area (Å²) in [4.78, 5) is 10.6. The summed E-state index contributed by atoms with van der Waals surface area (Å²) in [6.07, 6.45) is 1.63. The highest BCUT2D eigenvalue weighted by molar-refractivity contribution is 5.43. The first-order valence-corrected chi connectivity index (χ1v) is 4.89. The van der Waals surface area contributed by atoms with E-state index in [1.54, 1.807) is 6.33 Å². The SMILES string of the molecule is Cc1cc(N2CC3(COC3)C2)ncn1. The molecule has 0 aromatic carbocycles. The Morgan fingerprint density at radius 1 is 1.36 bits per heavy atom. The van der Waals surface area contributed by atoms with E-state index in [1.807, 2.05) is 13.0 Å². The Labute approximate surface area is 82.9 Å². The van der Waals surface area contributed by atoms with Crippen LogP contribution in [0, 0.1) is 12.3 Å². The highest BCUT2D eigenvalue weighted by Crippen LogP contribution is 2.39. The van der Waals surface area contributed by atoms with Gasteiger partial charge in [-0.25, -0.2) is 9.97 Å². The maximum absolute atomic E-state index is 5.23. The van der Waals surface area contributed by atoms with Crippen LogP contribution in [0.4, 0.5) is 5.82 Å². The van der Waals surface area contributed by atoms with Gasteiger partial charge in [0.15, 0.2) is 0 Å². The minimum absolute atomic E-state index is 0.457. The fourth-order valence-corrected chi connectivity index (χ4v) is 2.11. The van der Waals surface area contributed by atoms with Gasteiger partial charge in [0, 0.05) is 24.8 Å². The molecule has 2 aliphatic rings. The first-order valence-electron chi connectivity index (χ1n) is 4.89. The molecular weight excluding hydrogens is 178 g/mol. The second kappa shape index (κ2) is 2.67. The molecule has 3 rings (SSSR count). The van der Waals surface area contributed by atoms with E-state index in [4.69, 9.17) is 4.74 Å². The molecule has 0 N–H and O–H groups in total. The summed E-state index contributed by atoms with van der Waals surface area (Å²) < 4.78 is 5.23. The topological polar surface area (TPSA) is 38.2 Å². The highest BCUT2D eigenvalue weighted by atomic mass is 16.5. The number of hydrogen-bond donors (Lipinski definition) is 0. The van der Waals surface area contributed by atoms with Crippen molar-refractivity contribution in [2.45, 2.75) is 6.92 Å². The van der Waals surface area contributed by atoms with Crippen LogP contribution in [0.25, 0.3) is 0 Å². The summed E-state index contributed by atoms with van der Waals surface area (Å²) in [6.45, 7) is 6.02. The van der Waals surface area contributed by atoms with Gasteiger partial charge < -0.3 is 9.64 Å². The summed E-state index contributed by atoms with van der Waals surface area (Å²) in [6, 6.07) is 2.03. The molecule has 0 radical (unpaired) electrons. The van der Waals surface area contributed by atoms with Crippen molar-refractivity contribution in [3.8, 4) is 0 Å². The van der Waals surface area contributed by atoms with E-state index in [9.17, 15) is 0 Å². The van der Waals surface area contributed by atoms with E-state index in [-0.39, 0.29) is 0 Å². The monoisotopic (exact) mass is 191 g/mol. The average Bonchev–Trinajstić information content (AvgIpc) is 1.98. The molecule has 74 valence electrons. The minimum Gasteiger partial charge on any atom is -0.380 e. The molecule has 0 saturated carbocycles. The Bertz CT molecular complexity index is 354. The van der Waals surface area contributed by atoms with Gasteiger partial charge in [-0.2, -0.15) is 0 Å². The van der Waals surface area contributed by atoms with Crippen LogP contribution in [0.1, 0.15) is 5.69 Å². The number of rotatable bonds is 1.